The summed E-state index contributed by atoms with van der Waals surface area (Å²) in [5.74, 6) is 13.7. The zero-order valence-corrected chi connectivity index (χ0v) is 84.9. The van der Waals surface area contributed by atoms with Crippen LogP contribution < -0.4 is 0 Å². The molecule has 0 aromatic rings. The van der Waals surface area contributed by atoms with Gasteiger partial charge in [0.05, 0.1) is 0 Å². The molecule has 0 aliphatic heterocycles. The second-order valence-corrected chi connectivity index (χ2v) is 28.8. The number of hydrogen-bond acceptors (Lipinski definition) is 0. The van der Waals surface area contributed by atoms with Crippen molar-refractivity contribution in [2.75, 3.05) is 0 Å². The summed E-state index contributed by atoms with van der Waals surface area (Å²) in [6.07, 6.45) is 30.0. The van der Waals surface area contributed by atoms with Gasteiger partial charge in [0.25, 0.3) is 0 Å². The summed E-state index contributed by atoms with van der Waals surface area (Å²) in [4.78, 5) is 0. The van der Waals surface area contributed by atoms with Gasteiger partial charge in [-0.3, -0.25) is 0 Å². The van der Waals surface area contributed by atoms with Gasteiger partial charge in [0.2, 0.25) is 0 Å². The van der Waals surface area contributed by atoms with Gasteiger partial charge in [-0.2, -0.15) is 0 Å². The van der Waals surface area contributed by atoms with Crippen LogP contribution in [0, 0.1) is 159 Å². The van der Waals surface area contributed by atoms with Crippen molar-refractivity contribution in [3.63, 3.8) is 0 Å². The maximum Gasteiger partial charge on any atom is 1.00 e. The largest absolute Gasteiger partial charge is 1.00 e. The molecule has 0 nitrogen and oxygen atoms in total. The molecule has 0 aliphatic carbocycles. The third-order valence-electron chi connectivity index (χ3n) is 16.8. The van der Waals surface area contributed by atoms with Crippen LogP contribution in [0.5, 0.6) is 0 Å². The Bertz CT molecular complexity index is 988. The minimum Gasteiger partial charge on any atom is -0.358 e. The fraction of sp³-hybridized carbons (Fsp3) is 0.902. The van der Waals surface area contributed by atoms with Gasteiger partial charge in [0.15, 0.2) is 0 Å². The van der Waals surface area contributed by atoms with Crippen LogP contribution >= 0.6 is 0 Å². The van der Waals surface area contributed by atoms with E-state index in [1.165, 1.54) is 141 Å². The van der Waals surface area contributed by atoms with Gasteiger partial charge >= 0.3 is 156 Å². The van der Waals surface area contributed by atoms with E-state index >= 15 is 0 Å². The summed E-state index contributed by atoms with van der Waals surface area (Å²) in [6.45, 7) is 80.7. The van der Waals surface area contributed by atoms with Gasteiger partial charge in [-0.05, 0) is 132 Å². The predicted molar refractivity (Wildman–Crippen MR) is 409 cm³/mol. The van der Waals surface area contributed by atoms with Crippen LogP contribution in [0.3, 0.4) is 0 Å². The fourth-order valence-electron chi connectivity index (χ4n) is 10.6. The van der Waals surface area contributed by atoms with Crippen LogP contribution in [0.15, 0.2) is 0 Å². The third-order valence-corrected chi connectivity index (χ3v) is 16.8. The van der Waals surface area contributed by atoms with E-state index in [2.05, 4.69) is 242 Å². The van der Waals surface area contributed by atoms with E-state index in [4.69, 9.17) is 0 Å². The van der Waals surface area contributed by atoms with Crippen LogP contribution in [0.25, 0.3) is 0 Å². The molecule has 90 heavy (non-hydrogen) atoms. The predicted octanol–water partition coefficient (Wildman–Crippen LogP) is 32.0. The smallest absolute Gasteiger partial charge is 0.358 e. The first-order valence-corrected chi connectivity index (χ1v) is 34.1. The summed E-state index contributed by atoms with van der Waals surface area (Å²) in [5, 5.41) is 0. The van der Waals surface area contributed by atoms with Crippen molar-refractivity contribution in [3.8, 4) is 0 Å². The molecule has 0 saturated heterocycles. The van der Waals surface area contributed by atoms with Crippen LogP contribution in [0.2, 0.25) is 0 Å². The molecule has 0 spiro atoms. The molecule has 0 bridgehead atoms. The van der Waals surface area contributed by atoms with E-state index in [0.29, 0.717) is 10.8 Å². The molecule has 8 heteroatoms. The minimum atomic E-state index is 0. The summed E-state index contributed by atoms with van der Waals surface area (Å²) < 4.78 is 0. The molecule has 0 N–H and O–H groups in total. The molecule has 8 radical (unpaired) electrons. The second kappa shape index (κ2) is 115. The Morgan fingerprint density at radius 3 is 0.578 bits per heavy atom. The second-order valence-electron chi connectivity index (χ2n) is 28.8. The molecule has 0 aromatic heterocycles. The van der Waals surface area contributed by atoms with Gasteiger partial charge < -0.3 is 59.4 Å². The summed E-state index contributed by atoms with van der Waals surface area (Å²) >= 11 is 0. The Morgan fingerprint density at radius 2 is 0.478 bits per heavy atom. The molecule has 7 atom stereocenters. The molecule has 0 fully saturated rings. The monoisotopic (exact) mass is 1990 g/mol. The quantitative estimate of drug-likeness (QED) is 0.0517. The fourth-order valence-corrected chi connectivity index (χ4v) is 10.6. The Kier molecular flexibility index (Phi) is 213. The van der Waals surface area contributed by atoms with Crippen molar-refractivity contribution in [3.05, 3.63) is 59.4 Å². The van der Waals surface area contributed by atoms with Crippen LogP contribution in [0.1, 0.15) is 384 Å². The molecule has 0 saturated carbocycles. The van der Waals surface area contributed by atoms with E-state index in [0.717, 1.165) is 88.8 Å². The molecule has 0 heterocycles. The molecule has 0 aromatic carbocycles. The SMILES string of the molecule is CCC(C)CC(C)C.CCC(C)CC(C)CC.CCC(CC(C)C)C(C)(C)C.CCC(CC(C)C)C(C)C.CCC(CC)CC(C)C.CCCC(CC)C(C)(C)C.CCCC(CC)C(C)C.CCCC(CC)CC.[CH3-].[CH3-].[CH3-].[CH3-].[CH3-].[CH3-].[CH3-].[CH3-].[Ru+].[Ru+].[Ru+].[Ru+].[Ru+].[Ru+].[Ru+].[Ru+]. The van der Waals surface area contributed by atoms with Gasteiger partial charge in [-0.1, -0.05) is 351 Å². The first kappa shape index (κ1) is 167. The average Bonchev–Trinajstić information content (AvgIpc) is 3.31. The number of rotatable bonds is 29. The topological polar surface area (TPSA) is 0 Å². The van der Waals surface area contributed by atoms with Gasteiger partial charge in [0, 0.05) is 0 Å². The van der Waals surface area contributed by atoms with E-state index in [-0.39, 0.29) is 215 Å². The summed E-state index contributed by atoms with van der Waals surface area (Å²) in [5.41, 5.74) is 1.02. The normalized spacial score (nSPS) is 11.8. The maximum atomic E-state index is 2.35. The van der Waals surface area contributed by atoms with Crippen molar-refractivity contribution in [2.24, 2.45) is 99.6 Å². The van der Waals surface area contributed by atoms with Gasteiger partial charge in [-0.15, -0.1) is 0 Å². The average molecular weight is 1980 g/mol. The minimum absolute atomic E-state index is 0. The summed E-state index contributed by atoms with van der Waals surface area (Å²) in [7, 11) is 0. The number of hydrogen-bond donors (Lipinski definition) is 0. The van der Waals surface area contributed by atoms with Crippen LogP contribution in [-0.4, -0.2) is 0 Å². The molecule has 0 aliphatic rings. The molecular formula is C82H188Ru8. The first-order valence-electron chi connectivity index (χ1n) is 34.1. The van der Waals surface area contributed by atoms with E-state index < -0.39 is 0 Å². The molecule has 580 valence electrons. The van der Waals surface area contributed by atoms with E-state index in [1.54, 1.807) is 0 Å². The third kappa shape index (κ3) is 136. The summed E-state index contributed by atoms with van der Waals surface area (Å²) in [6, 6.07) is 0. The van der Waals surface area contributed by atoms with E-state index in [1.807, 2.05) is 0 Å². The van der Waals surface area contributed by atoms with Crippen molar-refractivity contribution in [1.29, 1.82) is 0 Å². The molecular weight excluding hydrogens is 1790 g/mol. The Balaban J connectivity index is -0.0000000246. The van der Waals surface area contributed by atoms with Crippen molar-refractivity contribution < 1.29 is 156 Å². The van der Waals surface area contributed by atoms with Crippen LogP contribution in [0.4, 0.5) is 0 Å². The van der Waals surface area contributed by atoms with Crippen molar-refractivity contribution in [2.45, 2.75) is 384 Å². The zero-order valence-electron chi connectivity index (χ0n) is 71.0. The Hall–Kier alpha value is 4.99. The molecule has 0 amide bonds. The standard InChI is InChI=1S/C11H24.2C10H22.3C9H20.2C8H18.8CH3.8Ru/c1-7-10(8-9(2)3)11(4,5)6;1-6-10(9(4)5)7-8(2)3;1-6-8-9(7-2)10(3,4)5;1-5-8(3)7-9(4)6-2;1-5-9(6-2)7-8(3)4;1-5-7-9(6-2)8(3)4;1-5-8(4)6-7(2)3;1-4-7-8(5-2)6-3;;;;;;;;;;;;;;;;/h9-10H,7-8H2,1-6H3;8-10H,6-7H2,1-5H3;9H,6-8H2,1-5H3;3*8-9H,5-7H2,1-4H3;7-8H,5-6H2,1-4H3;8H,4-7H2,1-3H3;8*1H3;;;;;;;;/q;;;;;;;;8*-1;8*+1. The van der Waals surface area contributed by atoms with Gasteiger partial charge in [0.1, 0.15) is 0 Å². The van der Waals surface area contributed by atoms with Gasteiger partial charge in [-0.25, -0.2) is 0 Å². The Morgan fingerprint density at radius 1 is 0.222 bits per heavy atom. The molecule has 0 rings (SSSR count). The maximum absolute atomic E-state index is 2.35. The van der Waals surface area contributed by atoms with Crippen molar-refractivity contribution in [1.82, 2.24) is 0 Å². The molecule has 7 unspecified atom stereocenters. The Labute approximate surface area is 690 Å². The van der Waals surface area contributed by atoms with E-state index in [9.17, 15) is 0 Å². The first-order chi connectivity index (χ1) is 34.1. The van der Waals surface area contributed by atoms with Crippen molar-refractivity contribution >= 4 is 0 Å². The van der Waals surface area contributed by atoms with Crippen LogP contribution in [-0.2, 0) is 156 Å². The zero-order chi connectivity index (χ0) is 60.2.